The summed E-state index contributed by atoms with van der Waals surface area (Å²) in [7, 11) is 1.43. The average molecular weight is 241 g/mol. The molecular weight excluding hydrogens is 230 g/mol. The van der Waals surface area contributed by atoms with Crippen LogP contribution in [0, 0.1) is 0 Å². The van der Waals surface area contributed by atoms with Crippen molar-refractivity contribution < 1.29 is 24.0 Å². The van der Waals surface area contributed by atoms with Gasteiger partial charge in [0.15, 0.2) is 5.69 Å². The maximum atomic E-state index is 11.5. The summed E-state index contributed by atoms with van der Waals surface area (Å²) in [4.78, 5) is 33.1. The summed E-state index contributed by atoms with van der Waals surface area (Å²) in [5.41, 5.74) is -0.196. The molecule has 2 amide bonds. The first-order chi connectivity index (χ1) is 7.95. The van der Waals surface area contributed by atoms with Gasteiger partial charge in [0.25, 0.3) is 5.91 Å². The molecule has 8 nitrogen and oxygen atoms in total. The first-order valence-electron chi connectivity index (χ1n) is 4.68. The van der Waals surface area contributed by atoms with Gasteiger partial charge in [0.1, 0.15) is 6.04 Å². The number of nitrogens with one attached hydrogen (secondary N) is 2. The molecule has 8 heteroatoms. The van der Waals surface area contributed by atoms with Gasteiger partial charge in [0, 0.05) is 13.1 Å². The molecule has 0 spiro atoms. The Morgan fingerprint density at radius 3 is 2.59 bits per heavy atom. The van der Waals surface area contributed by atoms with E-state index in [1.54, 1.807) is 0 Å². The number of rotatable bonds is 4. The van der Waals surface area contributed by atoms with Crippen molar-refractivity contribution in [1.82, 2.24) is 15.8 Å². The molecule has 92 valence electrons. The Balaban J connectivity index is 2.70. The van der Waals surface area contributed by atoms with Gasteiger partial charge >= 0.3 is 5.97 Å². The van der Waals surface area contributed by atoms with Crippen LogP contribution >= 0.6 is 0 Å². The van der Waals surface area contributed by atoms with Crippen LogP contribution in [0.3, 0.4) is 0 Å². The molecule has 0 aliphatic heterocycles. The Bertz CT molecular complexity index is 453. The summed E-state index contributed by atoms with van der Waals surface area (Å²) in [5.74, 6) is -2.82. The van der Waals surface area contributed by atoms with Crippen molar-refractivity contribution in [2.24, 2.45) is 0 Å². The van der Waals surface area contributed by atoms with Gasteiger partial charge in [-0.2, -0.15) is 0 Å². The van der Waals surface area contributed by atoms with Gasteiger partial charge in [0.05, 0.1) is 0 Å². The predicted molar refractivity (Wildman–Crippen MR) is 54.5 cm³/mol. The number of aromatic nitrogens is 1. The minimum Gasteiger partial charge on any atom is -0.475 e. The molecule has 0 radical (unpaired) electrons. The molecule has 1 aromatic heterocycles. The average Bonchev–Trinajstić information content (AvgIpc) is 2.77. The third-order valence-electron chi connectivity index (χ3n) is 1.94. The first-order valence-corrected chi connectivity index (χ1v) is 4.68. The molecule has 1 unspecified atom stereocenters. The van der Waals surface area contributed by atoms with E-state index in [1.807, 2.05) is 0 Å². The number of carbonyl (C=O) groups excluding carboxylic acids is 2. The topological polar surface area (TPSA) is 122 Å². The van der Waals surface area contributed by atoms with E-state index in [1.165, 1.54) is 14.0 Å². The van der Waals surface area contributed by atoms with Gasteiger partial charge in [-0.05, 0) is 6.92 Å². The summed E-state index contributed by atoms with van der Waals surface area (Å²) in [6, 6.07) is 0.228. The number of nitrogens with zero attached hydrogens (tertiary/aromatic N) is 1. The Morgan fingerprint density at radius 2 is 2.12 bits per heavy atom. The SMILES string of the molecule is CNC(=O)C(C)NC(=O)c1cc(C(=O)O)on1. The molecule has 17 heavy (non-hydrogen) atoms. The summed E-state index contributed by atoms with van der Waals surface area (Å²) in [6.07, 6.45) is 0. The van der Waals surface area contributed by atoms with Gasteiger partial charge in [-0.25, -0.2) is 4.79 Å². The maximum Gasteiger partial charge on any atom is 0.374 e. The summed E-state index contributed by atoms with van der Waals surface area (Å²) in [6.45, 7) is 1.48. The number of carboxylic acid groups (broad SMARTS) is 1. The van der Waals surface area contributed by atoms with Crippen molar-refractivity contribution in [2.45, 2.75) is 13.0 Å². The van der Waals surface area contributed by atoms with Crippen LogP contribution < -0.4 is 10.6 Å². The molecule has 0 aromatic carbocycles. The lowest BCUT2D eigenvalue weighted by molar-refractivity contribution is -0.122. The fraction of sp³-hybridized carbons (Fsp3) is 0.333. The van der Waals surface area contributed by atoms with Crippen LogP contribution in [0.15, 0.2) is 10.6 Å². The van der Waals surface area contributed by atoms with E-state index in [4.69, 9.17) is 5.11 Å². The zero-order valence-corrected chi connectivity index (χ0v) is 9.18. The van der Waals surface area contributed by atoms with Crippen LogP contribution in [0.1, 0.15) is 28.0 Å². The number of hydrogen-bond acceptors (Lipinski definition) is 5. The molecule has 0 bridgehead atoms. The van der Waals surface area contributed by atoms with Crippen molar-refractivity contribution in [2.75, 3.05) is 7.05 Å². The van der Waals surface area contributed by atoms with Crippen LogP contribution in [-0.2, 0) is 4.79 Å². The quantitative estimate of drug-likeness (QED) is 0.636. The molecule has 0 saturated carbocycles. The van der Waals surface area contributed by atoms with Crippen LogP contribution in [0.5, 0.6) is 0 Å². The van der Waals surface area contributed by atoms with Crippen molar-refractivity contribution in [1.29, 1.82) is 0 Å². The molecule has 0 saturated heterocycles. The zero-order valence-electron chi connectivity index (χ0n) is 9.18. The number of amides is 2. The number of carbonyl (C=O) groups is 3. The van der Waals surface area contributed by atoms with E-state index >= 15 is 0 Å². The first kappa shape index (κ1) is 12.7. The summed E-state index contributed by atoms with van der Waals surface area (Å²) >= 11 is 0. The van der Waals surface area contributed by atoms with Crippen molar-refractivity contribution in [3.8, 4) is 0 Å². The largest absolute Gasteiger partial charge is 0.475 e. The van der Waals surface area contributed by atoms with Crippen molar-refractivity contribution in [3.05, 3.63) is 17.5 Å². The van der Waals surface area contributed by atoms with Crippen molar-refractivity contribution in [3.63, 3.8) is 0 Å². The fourth-order valence-corrected chi connectivity index (χ4v) is 1.04. The molecule has 1 aromatic rings. The van der Waals surface area contributed by atoms with Gasteiger partial charge in [-0.3, -0.25) is 9.59 Å². The van der Waals surface area contributed by atoms with E-state index in [0.29, 0.717) is 0 Å². The predicted octanol–water partition coefficient (Wildman–Crippen LogP) is -0.763. The molecule has 0 aliphatic rings. The maximum absolute atomic E-state index is 11.5. The van der Waals surface area contributed by atoms with E-state index in [2.05, 4.69) is 20.3 Å². The van der Waals surface area contributed by atoms with Gasteiger partial charge in [0.2, 0.25) is 11.7 Å². The number of likely N-dealkylation sites (N-methyl/N-ethyl adjacent to an activating group) is 1. The Morgan fingerprint density at radius 1 is 1.47 bits per heavy atom. The number of carboxylic acids is 1. The molecule has 0 aliphatic carbocycles. The van der Waals surface area contributed by atoms with E-state index in [-0.39, 0.29) is 11.6 Å². The van der Waals surface area contributed by atoms with Gasteiger partial charge in [-0.15, -0.1) is 0 Å². The lowest BCUT2D eigenvalue weighted by atomic mass is 10.3. The number of hydrogen-bond donors (Lipinski definition) is 3. The molecular formula is C9H11N3O5. The van der Waals surface area contributed by atoms with Crippen LogP contribution in [0.2, 0.25) is 0 Å². The third kappa shape index (κ3) is 3.03. The molecule has 1 rings (SSSR count). The van der Waals surface area contributed by atoms with Gasteiger partial charge < -0.3 is 20.3 Å². The second-order valence-corrected chi connectivity index (χ2v) is 3.19. The Hall–Kier alpha value is -2.38. The fourth-order valence-electron chi connectivity index (χ4n) is 1.04. The zero-order chi connectivity index (χ0) is 13.0. The Labute approximate surface area is 96.0 Å². The van der Waals surface area contributed by atoms with Crippen LogP contribution in [0.25, 0.3) is 0 Å². The van der Waals surface area contributed by atoms with E-state index in [0.717, 1.165) is 6.07 Å². The van der Waals surface area contributed by atoms with Crippen molar-refractivity contribution >= 4 is 17.8 Å². The second kappa shape index (κ2) is 5.10. The lowest BCUT2D eigenvalue weighted by Gasteiger charge is -2.10. The summed E-state index contributed by atoms with van der Waals surface area (Å²) in [5, 5.41) is 16.5. The highest BCUT2D eigenvalue weighted by Gasteiger charge is 2.20. The standard InChI is InChI=1S/C9H11N3O5/c1-4(7(13)10-2)11-8(14)5-3-6(9(15)16)17-12-5/h3-4H,1-2H3,(H,10,13)(H,11,14)(H,15,16). The van der Waals surface area contributed by atoms with Crippen LogP contribution in [-0.4, -0.2) is 41.1 Å². The third-order valence-corrected chi connectivity index (χ3v) is 1.94. The smallest absolute Gasteiger partial charge is 0.374 e. The summed E-state index contributed by atoms with van der Waals surface area (Å²) < 4.78 is 4.40. The van der Waals surface area contributed by atoms with E-state index in [9.17, 15) is 14.4 Å². The highest BCUT2D eigenvalue weighted by molar-refractivity contribution is 5.97. The minimum atomic E-state index is -1.32. The van der Waals surface area contributed by atoms with Crippen LogP contribution in [0.4, 0.5) is 0 Å². The van der Waals surface area contributed by atoms with Gasteiger partial charge in [-0.1, -0.05) is 5.16 Å². The van der Waals surface area contributed by atoms with E-state index < -0.39 is 23.7 Å². The molecule has 3 N–H and O–H groups in total. The lowest BCUT2D eigenvalue weighted by Crippen LogP contribution is -2.43. The normalized spacial score (nSPS) is 11.6. The second-order valence-electron chi connectivity index (χ2n) is 3.19. The number of aromatic carboxylic acids is 1. The Kier molecular flexibility index (Phi) is 3.81. The minimum absolute atomic E-state index is 0.196. The highest BCUT2D eigenvalue weighted by Crippen LogP contribution is 2.03. The molecule has 1 heterocycles. The highest BCUT2D eigenvalue weighted by atomic mass is 16.5. The monoisotopic (exact) mass is 241 g/mol. The molecule has 1 atom stereocenters. The molecule has 0 fully saturated rings.